The Hall–Kier alpha value is -3.54. The number of ether oxygens (including phenoxy) is 2. The SMILES string of the molecule is COc1ccc(N[C@@H](C(=O)Nc2cc(C)ccc2OC)c2ccccc2)cn1. The van der Waals surface area contributed by atoms with Gasteiger partial charge in [-0.1, -0.05) is 36.4 Å². The van der Waals surface area contributed by atoms with E-state index in [0.717, 1.165) is 11.1 Å². The van der Waals surface area contributed by atoms with E-state index in [1.807, 2.05) is 61.5 Å². The number of carbonyl (C=O) groups excluding carboxylic acids is 1. The number of pyridine rings is 1. The number of aryl methyl sites for hydroxylation is 1. The Morgan fingerprint density at radius 2 is 1.79 bits per heavy atom. The number of nitrogens with one attached hydrogen (secondary N) is 2. The lowest BCUT2D eigenvalue weighted by Gasteiger charge is -2.21. The normalized spacial score (nSPS) is 11.4. The van der Waals surface area contributed by atoms with Gasteiger partial charge in [-0.25, -0.2) is 4.98 Å². The Labute approximate surface area is 164 Å². The molecule has 0 saturated carbocycles. The molecule has 0 saturated heterocycles. The number of nitrogens with zero attached hydrogens (tertiary/aromatic N) is 1. The van der Waals surface area contributed by atoms with Crippen molar-refractivity contribution in [2.24, 2.45) is 0 Å². The first kappa shape index (κ1) is 19.2. The largest absolute Gasteiger partial charge is 0.495 e. The first-order chi connectivity index (χ1) is 13.6. The molecule has 1 aromatic heterocycles. The molecule has 0 aliphatic carbocycles. The summed E-state index contributed by atoms with van der Waals surface area (Å²) < 4.78 is 10.5. The van der Waals surface area contributed by atoms with Gasteiger partial charge in [0, 0.05) is 6.07 Å². The molecular formula is C22H23N3O3. The summed E-state index contributed by atoms with van der Waals surface area (Å²) in [6.07, 6.45) is 1.63. The minimum absolute atomic E-state index is 0.203. The van der Waals surface area contributed by atoms with E-state index in [9.17, 15) is 4.79 Å². The van der Waals surface area contributed by atoms with Gasteiger partial charge >= 0.3 is 0 Å². The Morgan fingerprint density at radius 1 is 1.00 bits per heavy atom. The van der Waals surface area contributed by atoms with Crippen molar-refractivity contribution in [3.63, 3.8) is 0 Å². The number of hydrogen-bond donors (Lipinski definition) is 2. The second-order valence-corrected chi connectivity index (χ2v) is 6.27. The summed E-state index contributed by atoms with van der Waals surface area (Å²) in [6, 6.07) is 18.1. The molecule has 2 N–H and O–H groups in total. The quantitative estimate of drug-likeness (QED) is 0.646. The van der Waals surface area contributed by atoms with Crippen LogP contribution in [0.25, 0.3) is 0 Å². The maximum atomic E-state index is 13.1. The average molecular weight is 377 g/mol. The fourth-order valence-corrected chi connectivity index (χ4v) is 2.82. The molecule has 6 nitrogen and oxygen atoms in total. The molecule has 1 atom stereocenters. The van der Waals surface area contributed by atoms with Crippen molar-refractivity contribution in [1.29, 1.82) is 0 Å². The van der Waals surface area contributed by atoms with Crippen LogP contribution in [0.5, 0.6) is 11.6 Å². The zero-order chi connectivity index (χ0) is 19.9. The summed E-state index contributed by atoms with van der Waals surface area (Å²) in [5.41, 5.74) is 3.20. The van der Waals surface area contributed by atoms with E-state index in [4.69, 9.17) is 9.47 Å². The van der Waals surface area contributed by atoms with E-state index >= 15 is 0 Å². The summed E-state index contributed by atoms with van der Waals surface area (Å²) in [7, 11) is 3.14. The van der Waals surface area contributed by atoms with Crippen molar-refractivity contribution in [3.05, 3.63) is 78.0 Å². The molecule has 0 aliphatic heterocycles. The Balaban J connectivity index is 1.88. The second-order valence-electron chi connectivity index (χ2n) is 6.27. The van der Waals surface area contributed by atoms with E-state index in [1.165, 1.54) is 0 Å². The maximum Gasteiger partial charge on any atom is 0.251 e. The zero-order valence-corrected chi connectivity index (χ0v) is 16.1. The number of aromatic nitrogens is 1. The highest BCUT2D eigenvalue weighted by molar-refractivity contribution is 5.98. The molecule has 1 heterocycles. The van der Waals surface area contributed by atoms with Crippen LogP contribution in [0.4, 0.5) is 11.4 Å². The Bertz CT molecular complexity index is 928. The fourth-order valence-electron chi connectivity index (χ4n) is 2.82. The fraction of sp³-hybridized carbons (Fsp3) is 0.182. The molecule has 0 fully saturated rings. The number of amides is 1. The van der Waals surface area contributed by atoms with Crippen molar-refractivity contribution in [1.82, 2.24) is 4.98 Å². The van der Waals surface area contributed by atoms with Crippen molar-refractivity contribution >= 4 is 17.3 Å². The number of hydrogen-bond acceptors (Lipinski definition) is 5. The molecule has 1 amide bonds. The third kappa shape index (κ3) is 4.59. The average Bonchev–Trinajstić information content (AvgIpc) is 2.73. The van der Waals surface area contributed by atoms with E-state index in [0.29, 0.717) is 23.0 Å². The predicted molar refractivity (Wildman–Crippen MR) is 110 cm³/mol. The van der Waals surface area contributed by atoms with Gasteiger partial charge in [0.05, 0.1) is 31.8 Å². The van der Waals surface area contributed by atoms with Gasteiger partial charge in [-0.3, -0.25) is 4.79 Å². The molecule has 2 aromatic carbocycles. The minimum atomic E-state index is -0.610. The molecule has 3 rings (SSSR count). The van der Waals surface area contributed by atoms with Crippen LogP contribution in [-0.4, -0.2) is 25.1 Å². The number of carbonyl (C=O) groups is 1. The van der Waals surface area contributed by atoms with Crippen molar-refractivity contribution in [3.8, 4) is 11.6 Å². The van der Waals surface area contributed by atoms with Crippen LogP contribution < -0.4 is 20.1 Å². The second kappa shape index (κ2) is 8.90. The summed E-state index contributed by atoms with van der Waals surface area (Å²) in [5.74, 6) is 0.915. The lowest BCUT2D eigenvalue weighted by Crippen LogP contribution is -2.27. The summed E-state index contributed by atoms with van der Waals surface area (Å²) >= 11 is 0. The van der Waals surface area contributed by atoms with Crippen molar-refractivity contribution in [2.75, 3.05) is 24.9 Å². The van der Waals surface area contributed by atoms with Crippen LogP contribution in [0, 0.1) is 6.92 Å². The van der Waals surface area contributed by atoms with Gasteiger partial charge in [0.2, 0.25) is 5.88 Å². The predicted octanol–water partition coefficient (Wildman–Crippen LogP) is 4.20. The highest BCUT2D eigenvalue weighted by atomic mass is 16.5. The molecule has 0 radical (unpaired) electrons. The van der Waals surface area contributed by atoms with Crippen LogP contribution in [0.3, 0.4) is 0 Å². The van der Waals surface area contributed by atoms with Gasteiger partial charge in [-0.2, -0.15) is 0 Å². The number of methoxy groups -OCH3 is 2. The highest BCUT2D eigenvalue weighted by Gasteiger charge is 2.22. The molecule has 6 heteroatoms. The highest BCUT2D eigenvalue weighted by Crippen LogP contribution is 2.28. The van der Waals surface area contributed by atoms with E-state index < -0.39 is 6.04 Å². The minimum Gasteiger partial charge on any atom is -0.495 e. The van der Waals surface area contributed by atoms with Crippen molar-refractivity contribution < 1.29 is 14.3 Å². The van der Waals surface area contributed by atoms with Crippen LogP contribution >= 0.6 is 0 Å². The van der Waals surface area contributed by atoms with Crippen molar-refractivity contribution in [2.45, 2.75) is 13.0 Å². The van der Waals surface area contributed by atoms with E-state index in [2.05, 4.69) is 15.6 Å². The van der Waals surface area contributed by atoms with Gasteiger partial charge in [-0.15, -0.1) is 0 Å². The summed E-state index contributed by atoms with van der Waals surface area (Å²) in [4.78, 5) is 17.3. The number of anilines is 2. The molecular weight excluding hydrogens is 354 g/mol. The van der Waals surface area contributed by atoms with Gasteiger partial charge < -0.3 is 20.1 Å². The molecule has 0 spiro atoms. The lowest BCUT2D eigenvalue weighted by atomic mass is 10.1. The van der Waals surface area contributed by atoms with Crippen LogP contribution in [0.2, 0.25) is 0 Å². The molecule has 28 heavy (non-hydrogen) atoms. The van der Waals surface area contributed by atoms with Gasteiger partial charge in [0.1, 0.15) is 11.8 Å². The smallest absolute Gasteiger partial charge is 0.251 e. The first-order valence-electron chi connectivity index (χ1n) is 8.87. The zero-order valence-electron chi connectivity index (χ0n) is 16.1. The number of rotatable bonds is 7. The molecule has 0 bridgehead atoms. The number of benzene rings is 2. The van der Waals surface area contributed by atoms with E-state index in [-0.39, 0.29) is 5.91 Å². The molecule has 144 valence electrons. The monoisotopic (exact) mass is 377 g/mol. The Kier molecular flexibility index (Phi) is 6.11. The van der Waals surface area contributed by atoms with Crippen LogP contribution in [0.15, 0.2) is 66.9 Å². The van der Waals surface area contributed by atoms with Crippen LogP contribution in [0.1, 0.15) is 17.2 Å². The third-order valence-electron chi connectivity index (χ3n) is 4.26. The van der Waals surface area contributed by atoms with Gasteiger partial charge in [-0.05, 0) is 36.2 Å². The first-order valence-corrected chi connectivity index (χ1v) is 8.87. The van der Waals surface area contributed by atoms with Gasteiger partial charge in [0.15, 0.2) is 0 Å². The maximum absolute atomic E-state index is 13.1. The Morgan fingerprint density at radius 3 is 2.43 bits per heavy atom. The third-order valence-corrected chi connectivity index (χ3v) is 4.26. The van der Waals surface area contributed by atoms with Gasteiger partial charge in [0.25, 0.3) is 5.91 Å². The summed E-state index contributed by atoms with van der Waals surface area (Å²) in [6.45, 7) is 1.96. The summed E-state index contributed by atoms with van der Waals surface area (Å²) in [5, 5.41) is 6.22. The molecule has 0 unspecified atom stereocenters. The standard InChI is InChI=1S/C22H23N3O3/c1-15-9-11-19(27-2)18(13-15)25-22(26)21(16-7-5-4-6-8-16)24-17-10-12-20(28-3)23-14-17/h4-14,21,24H,1-3H3,(H,25,26)/t21-/m1/s1. The molecule has 0 aliphatic rings. The van der Waals surface area contributed by atoms with Crippen LogP contribution in [-0.2, 0) is 4.79 Å². The molecule has 3 aromatic rings. The lowest BCUT2D eigenvalue weighted by molar-refractivity contribution is -0.117. The topological polar surface area (TPSA) is 72.5 Å². The van der Waals surface area contributed by atoms with E-state index in [1.54, 1.807) is 26.5 Å².